The molecule has 2 aliphatic rings. The Balaban J connectivity index is 2.34. The smallest absolute Gasteiger partial charge is 0.118 e. The topological polar surface area (TPSA) is 9.23 Å². The number of hydrogen-bond acceptors (Lipinski definition) is 1. The predicted octanol–water partition coefficient (Wildman–Crippen LogP) is 3.04. The number of allylic oxidation sites excluding steroid dienone is 3. The van der Waals surface area contributed by atoms with Crippen LogP contribution < -0.4 is 0 Å². The fourth-order valence-corrected chi connectivity index (χ4v) is 2.12. The zero-order chi connectivity index (χ0) is 8.55. The van der Waals surface area contributed by atoms with Gasteiger partial charge in [0.2, 0.25) is 0 Å². The number of hydrogen-bond donors (Lipinski definition) is 0. The molecule has 1 heteroatoms. The Hall–Kier alpha value is -0.720. The minimum absolute atomic E-state index is 0.699. The first-order valence-corrected chi connectivity index (χ1v) is 4.84. The van der Waals surface area contributed by atoms with Crippen LogP contribution in [-0.2, 0) is 4.74 Å². The van der Waals surface area contributed by atoms with Gasteiger partial charge in [-0.2, -0.15) is 0 Å². The maximum atomic E-state index is 5.54. The van der Waals surface area contributed by atoms with Gasteiger partial charge in [-0.25, -0.2) is 0 Å². The molecule has 0 unspecified atom stereocenters. The van der Waals surface area contributed by atoms with Crippen LogP contribution in [0.2, 0.25) is 0 Å². The second-order valence-electron chi connectivity index (χ2n) is 3.86. The highest BCUT2D eigenvalue weighted by atomic mass is 16.5. The van der Waals surface area contributed by atoms with E-state index < -0.39 is 0 Å². The Morgan fingerprint density at radius 2 is 2.17 bits per heavy atom. The van der Waals surface area contributed by atoms with Gasteiger partial charge in [0.25, 0.3) is 0 Å². The highest BCUT2D eigenvalue weighted by Gasteiger charge is 2.23. The van der Waals surface area contributed by atoms with Crippen molar-refractivity contribution < 1.29 is 4.74 Å². The lowest BCUT2D eigenvalue weighted by Crippen LogP contribution is -2.03. The van der Waals surface area contributed by atoms with Gasteiger partial charge in [0, 0.05) is 6.42 Å². The first-order chi connectivity index (χ1) is 5.79. The van der Waals surface area contributed by atoms with Gasteiger partial charge in [0.15, 0.2) is 0 Å². The molecule has 0 radical (unpaired) electrons. The predicted molar refractivity (Wildman–Crippen MR) is 49.8 cm³/mol. The van der Waals surface area contributed by atoms with Gasteiger partial charge in [-0.05, 0) is 30.4 Å². The molecule has 66 valence electrons. The normalized spacial score (nSPS) is 22.4. The van der Waals surface area contributed by atoms with Crippen molar-refractivity contribution in [3.8, 4) is 0 Å². The summed E-state index contributed by atoms with van der Waals surface area (Å²) < 4.78 is 5.54. The van der Waals surface area contributed by atoms with Crippen LogP contribution in [0, 0.1) is 5.92 Å². The maximum Gasteiger partial charge on any atom is 0.118 e. The summed E-state index contributed by atoms with van der Waals surface area (Å²) in [5.74, 6) is 1.88. The summed E-state index contributed by atoms with van der Waals surface area (Å²) in [6.45, 7) is 5.46. The van der Waals surface area contributed by atoms with Crippen LogP contribution >= 0.6 is 0 Å². The molecule has 0 aromatic heterocycles. The van der Waals surface area contributed by atoms with Gasteiger partial charge in [-0.1, -0.05) is 19.4 Å². The van der Waals surface area contributed by atoms with Crippen molar-refractivity contribution in [2.45, 2.75) is 33.1 Å². The molecule has 12 heavy (non-hydrogen) atoms. The first kappa shape index (κ1) is 7.90. The monoisotopic (exact) mass is 164 g/mol. The molecule has 0 N–H and O–H groups in total. The van der Waals surface area contributed by atoms with Crippen molar-refractivity contribution in [2.24, 2.45) is 5.92 Å². The molecule has 1 saturated heterocycles. The number of fused-ring (bicyclic) bond motifs is 1. The van der Waals surface area contributed by atoms with Crippen LogP contribution in [0.25, 0.3) is 0 Å². The molecule has 1 heterocycles. The van der Waals surface area contributed by atoms with Crippen molar-refractivity contribution in [3.63, 3.8) is 0 Å². The summed E-state index contributed by atoms with van der Waals surface area (Å²) in [4.78, 5) is 0. The molecule has 0 saturated carbocycles. The molecule has 0 spiro atoms. The maximum absolute atomic E-state index is 5.54. The number of rotatable bonds is 1. The zero-order valence-electron chi connectivity index (χ0n) is 7.89. The van der Waals surface area contributed by atoms with Crippen molar-refractivity contribution >= 4 is 0 Å². The average Bonchev–Trinajstić information content (AvgIpc) is 2.49. The van der Waals surface area contributed by atoms with Crippen molar-refractivity contribution in [2.75, 3.05) is 6.61 Å². The molecular formula is C11H16O. The van der Waals surface area contributed by atoms with E-state index in [2.05, 4.69) is 19.9 Å². The van der Waals surface area contributed by atoms with E-state index in [9.17, 15) is 0 Å². The summed E-state index contributed by atoms with van der Waals surface area (Å²) >= 11 is 0. The molecule has 0 aromatic rings. The van der Waals surface area contributed by atoms with Gasteiger partial charge >= 0.3 is 0 Å². The largest absolute Gasteiger partial charge is 0.493 e. The Morgan fingerprint density at radius 3 is 2.92 bits per heavy atom. The third-order valence-electron chi connectivity index (χ3n) is 2.74. The zero-order valence-corrected chi connectivity index (χ0v) is 7.89. The Kier molecular flexibility index (Phi) is 1.95. The first-order valence-electron chi connectivity index (χ1n) is 4.84. The molecule has 2 rings (SSSR count). The lowest BCUT2D eigenvalue weighted by Gasteiger charge is -2.18. The van der Waals surface area contributed by atoms with Gasteiger partial charge in [0.1, 0.15) is 5.76 Å². The molecule has 0 atom stereocenters. The Morgan fingerprint density at radius 1 is 1.33 bits per heavy atom. The number of ether oxygens (including phenoxy) is 1. The lowest BCUT2D eigenvalue weighted by atomic mass is 9.88. The van der Waals surface area contributed by atoms with Gasteiger partial charge in [-0.15, -0.1) is 0 Å². The van der Waals surface area contributed by atoms with Crippen LogP contribution in [0.1, 0.15) is 33.1 Å². The van der Waals surface area contributed by atoms with E-state index >= 15 is 0 Å². The SMILES string of the molecule is CC(C)C1=C2CCOC2=CCC1. The molecular weight excluding hydrogens is 148 g/mol. The van der Waals surface area contributed by atoms with Gasteiger partial charge < -0.3 is 4.74 Å². The lowest BCUT2D eigenvalue weighted by molar-refractivity contribution is 0.263. The van der Waals surface area contributed by atoms with E-state index in [0.717, 1.165) is 13.0 Å². The minimum atomic E-state index is 0.699. The summed E-state index contributed by atoms with van der Waals surface area (Å²) in [5.41, 5.74) is 3.14. The molecule has 1 fully saturated rings. The van der Waals surface area contributed by atoms with Crippen molar-refractivity contribution in [1.82, 2.24) is 0 Å². The summed E-state index contributed by atoms with van der Waals surface area (Å²) in [6, 6.07) is 0. The third-order valence-corrected chi connectivity index (χ3v) is 2.74. The van der Waals surface area contributed by atoms with E-state index in [1.54, 1.807) is 5.57 Å². The van der Waals surface area contributed by atoms with Crippen LogP contribution in [0.3, 0.4) is 0 Å². The van der Waals surface area contributed by atoms with E-state index in [-0.39, 0.29) is 0 Å². The molecule has 1 aliphatic carbocycles. The second kappa shape index (κ2) is 2.96. The van der Waals surface area contributed by atoms with Gasteiger partial charge in [0.05, 0.1) is 6.61 Å². The molecule has 0 aromatic carbocycles. The van der Waals surface area contributed by atoms with Crippen LogP contribution in [-0.4, -0.2) is 6.61 Å². The second-order valence-corrected chi connectivity index (χ2v) is 3.86. The summed E-state index contributed by atoms with van der Waals surface area (Å²) in [5, 5.41) is 0. The quantitative estimate of drug-likeness (QED) is 0.578. The minimum Gasteiger partial charge on any atom is -0.493 e. The Bertz CT molecular complexity index is 246. The van der Waals surface area contributed by atoms with Crippen LogP contribution in [0.15, 0.2) is 23.0 Å². The standard InChI is InChI=1S/C11H16O/c1-8(2)9-4-3-5-11-10(9)6-7-12-11/h5,8H,3-4,6-7H2,1-2H3. The van der Waals surface area contributed by atoms with E-state index in [1.807, 2.05) is 0 Å². The van der Waals surface area contributed by atoms with Crippen molar-refractivity contribution in [1.29, 1.82) is 0 Å². The third kappa shape index (κ3) is 1.17. The highest BCUT2D eigenvalue weighted by molar-refractivity contribution is 5.37. The fraction of sp³-hybridized carbons (Fsp3) is 0.636. The average molecular weight is 164 g/mol. The van der Waals surface area contributed by atoms with E-state index in [4.69, 9.17) is 4.74 Å². The van der Waals surface area contributed by atoms with Crippen LogP contribution in [0.4, 0.5) is 0 Å². The van der Waals surface area contributed by atoms with Gasteiger partial charge in [-0.3, -0.25) is 0 Å². The van der Waals surface area contributed by atoms with E-state index in [0.29, 0.717) is 5.92 Å². The Labute approximate surface area is 74.1 Å². The van der Waals surface area contributed by atoms with E-state index in [1.165, 1.54) is 24.2 Å². The summed E-state index contributed by atoms with van der Waals surface area (Å²) in [7, 11) is 0. The van der Waals surface area contributed by atoms with Crippen molar-refractivity contribution in [3.05, 3.63) is 23.0 Å². The fourth-order valence-electron chi connectivity index (χ4n) is 2.12. The summed E-state index contributed by atoms with van der Waals surface area (Å²) in [6.07, 6.45) is 5.81. The highest BCUT2D eigenvalue weighted by Crippen LogP contribution is 2.36. The molecule has 0 bridgehead atoms. The molecule has 1 aliphatic heterocycles. The molecule has 0 amide bonds. The van der Waals surface area contributed by atoms with Crippen LogP contribution in [0.5, 0.6) is 0 Å². The molecule has 1 nitrogen and oxygen atoms in total.